The Morgan fingerprint density at radius 3 is 2.51 bits per heavy atom. The average Bonchev–Trinajstić information content (AvgIpc) is 3.50. The molecule has 0 radical (unpaired) electrons. The zero-order valence-electron chi connectivity index (χ0n) is 20.1. The van der Waals surface area contributed by atoms with Crippen LogP contribution in [0.15, 0.2) is 53.1 Å². The van der Waals surface area contributed by atoms with Crippen molar-refractivity contribution < 1.29 is 13.9 Å². The molecular formula is C27H28N4O3S. The van der Waals surface area contributed by atoms with Crippen molar-refractivity contribution in [1.82, 2.24) is 9.97 Å². The molecule has 0 fully saturated rings. The fourth-order valence-corrected chi connectivity index (χ4v) is 5.92. The van der Waals surface area contributed by atoms with Gasteiger partial charge >= 0.3 is 0 Å². The smallest absolute Gasteiger partial charge is 0.291 e. The molecule has 4 aromatic rings. The number of anilines is 2. The number of thiophene rings is 1. The first-order chi connectivity index (χ1) is 17.0. The number of aryl methyl sites for hydroxylation is 3. The maximum Gasteiger partial charge on any atom is 0.291 e. The van der Waals surface area contributed by atoms with E-state index in [1.165, 1.54) is 16.7 Å². The third-order valence-corrected chi connectivity index (χ3v) is 7.40. The number of nitrogens with zero attached hydrogens (tertiary/aromatic N) is 2. The molecule has 1 atom stereocenters. The van der Waals surface area contributed by atoms with Crippen LogP contribution in [0.25, 0.3) is 0 Å². The summed E-state index contributed by atoms with van der Waals surface area (Å²) in [5, 5.41) is 7.55. The summed E-state index contributed by atoms with van der Waals surface area (Å²) in [5.41, 5.74) is 5.19. The van der Waals surface area contributed by atoms with Crippen molar-refractivity contribution in [3.8, 4) is 5.75 Å². The van der Waals surface area contributed by atoms with Gasteiger partial charge in [0.25, 0.3) is 5.91 Å². The van der Waals surface area contributed by atoms with Gasteiger partial charge in [-0.05, 0) is 81.0 Å². The Labute approximate surface area is 208 Å². The van der Waals surface area contributed by atoms with Gasteiger partial charge in [0.15, 0.2) is 5.76 Å². The Morgan fingerprint density at radius 2 is 1.83 bits per heavy atom. The van der Waals surface area contributed by atoms with Gasteiger partial charge in [-0.3, -0.25) is 4.79 Å². The van der Waals surface area contributed by atoms with Crippen LogP contribution in [0.4, 0.5) is 10.9 Å². The van der Waals surface area contributed by atoms with E-state index in [9.17, 15) is 4.79 Å². The summed E-state index contributed by atoms with van der Waals surface area (Å²) in [7, 11) is 1.66. The van der Waals surface area contributed by atoms with E-state index in [-0.39, 0.29) is 17.7 Å². The molecule has 0 saturated carbocycles. The van der Waals surface area contributed by atoms with Crippen LogP contribution in [0.3, 0.4) is 0 Å². The summed E-state index contributed by atoms with van der Waals surface area (Å²) < 4.78 is 10.7. The van der Waals surface area contributed by atoms with E-state index < -0.39 is 0 Å². The summed E-state index contributed by atoms with van der Waals surface area (Å²) in [5.74, 6) is 1.37. The van der Waals surface area contributed by atoms with E-state index in [0.717, 1.165) is 58.9 Å². The number of methoxy groups -OCH3 is 1. The van der Waals surface area contributed by atoms with Crippen LogP contribution in [0.5, 0.6) is 5.75 Å². The Morgan fingerprint density at radius 1 is 1.09 bits per heavy atom. The zero-order chi connectivity index (χ0) is 24.4. The highest BCUT2D eigenvalue weighted by molar-refractivity contribution is 7.16. The minimum Gasteiger partial charge on any atom is -0.497 e. The molecule has 0 spiro atoms. The SMILES string of the molecule is COc1ccc([C@H](Nc2nc(C)cc(C)n2)c2c(NC(=O)c3ccco3)sc3c2CCCC3)cc1. The predicted molar refractivity (Wildman–Crippen MR) is 138 cm³/mol. The quantitative estimate of drug-likeness (QED) is 0.327. The van der Waals surface area contributed by atoms with Crippen LogP contribution in [-0.4, -0.2) is 23.0 Å². The highest BCUT2D eigenvalue weighted by Crippen LogP contribution is 2.44. The second-order valence-electron chi connectivity index (χ2n) is 8.71. The van der Waals surface area contributed by atoms with Gasteiger partial charge in [-0.25, -0.2) is 9.97 Å². The number of amides is 1. The predicted octanol–water partition coefficient (Wildman–Crippen LogP) is 6.09. The number of carbonyl (C=O) groups is 1. The maximum absolute atomic E-state index is 13.0. The minimum absolute atomic E-state index is 0.257. The number of ether oxygens (including phenoxy) is 1. The number of hydrogen-bond donors (Lipinski definition) is 2. The second kappa shape index (κ2) is 9.92. The van der Waals surface area contributed by atoms with Crippen LogP contribution < -0.4 is 15.4 Å². The standard InChI is InChI=1S/C27H28N4O3S/c1-16-15-17(2)29-27(28-16)30-24(18-10-12-19(33-3)13-11-18)23-20-7-4-5-9-22(20)35-26(23)31-25(32)21-8-6-14-34-21/h6,8,10-15,24H,4-5,7,9H2,1-3H3,(H,31,32)(H,28,29,30)/t24-/m0/s1. The molecule has 0 aliphatic heterocycles. The molecule has 1 amide bonds. The second-order valence-corrected chi connectivity index (χ2v) is 9.82. The molecule has 7 nitrogen and oxygen atoms in total. The van der Waals surface area contributed by atoms with Crippen molar-refractivity contribution in [1.29, 1.82) is 0 Å². The molecule has 180 valence electrons. The van der Waals surface area contributed by atoms with Crippen molar-refractivity contribution in [2.45, 2.75) is 45.6 Å². The number of aromatic nitrogens is 2. The molecule has 2 N–H and O–H groups in total. The van der Waals surface area contributed by atoms with E-state index in [1.807, 2.05) is 44.2 Å². The average molecular weight is 489 g/mol. The fourth-order valence-electron chi connectivity index (χ4n) is 4.60. The highest BCUT2D eigenvalue weighted by atomic mass is 32.1. The van der Waals surface area contributed by atoms with Crippen LogP contribution in [-0.2, 0) is 12.8 Å². The lowest BCUT2D eigenvalue weighted by Crippen LogP contribution is -2.19. The molecule has 0 bridgehead atoms. The topological polar surface area (TPSA) is 89.3 Å². The monoisotopic (exact) mass is 488 g/mol. The van der Waals surface area contributed by atoms with E-state index >= 15 is 0 Å². The van der Waals surface area contributed by atoms with Crippen LogP contribution in [0.1, 0.15) is 62.4 Å². The van der Waals surface area contributed by atoms with Crippen molar-refractivity contribution in [2.24, 2.45) is 0 Å². The third-order valence-electron chi connectivity index (χ3n) is 6.18. The number of rotatable bonds is 7. The van der Waals surface area contributed by atoms with E-state index in [4.69, 9.17) is 9.15 Å². The Balaban J connectivity index is 1.62. The number of benzene rings is 1. The van der Waals surface area contributed by atoms with Crippen LogP contribution in [0, 0.1) is 13.8 Å². The molecule has 1 aliphatic carbocycles. The zero-order valence-corrected chi connectivity index (χ0v) is 20.9. The molecule has 1 aliphatic rings. The maximum atomic E-state index is 13.0. The molecule has 1 aromatic carbocycles. The van der Waals surface area contributed by atoms with Gasteiger partial charge in [-0.2, -0.15) is 0 Å². The number of fused-ring (bicyclic) bond motifs is 1. The molecule has 35 heavy (non-hydrogen) atoms. The van der Waals surface area contributed by atoms with Gasteiger partial charge in [-0.1, -0.05) is 12.1 Å². The van der Waals surface area contributed by atoms with Crippen LogP contribution >= 0.6 is 11.3 Å². The molecule has 3 aromatic heterocycles. The largest absolute Gasteiger partial charge is 0.497 e. The number of carbonyl (C=O) groups excluding carboxylic acids is 1. The van der Waals surface area contributed by atoms with Gasteiger partial charge in [0.05, 0.1) is 19.4 Å². The summed E-state index contributed by atoms with van der Waals surface area (Å²) in [6.07, 6.45) is 5.77. The minimum atomic E-state index is -0.258. The lowest BCUT2D eigenvalue weighted by Gasteiger charge is -2.24. The molecule has 8 heteroatoms. The fraction of sp³-hybridized carbons (Fsp3) is 0.296. The first kappa shape index (κ1) is 23.1. The molecule has 0 saturated heterocycles. The summed E-state index contributed by atoms with van der Waals surface area (Å²) >= 11 is 1.66. The third kappa shape index (κ3) is 4.93. The van der Waals surface area contributed by atoms with Crippen molar-refractivity contribution in [2.75, 3.05) is 17.7 Å². The molecule has 3 heterocycles. The summed E-state index contributed by atoms with van der Waals surface area (Å²) in [6, 6.07) is 13.1. The summed E-state index contributed by atoms with van der Waals surface area (Å²) in [6.45, 7) is 3.92. The first-order valence-corrected chi connectivity index (χ1v) is 12.6. The van der Waals surface area contributed by atoms with Crippen molar-refractivity contribution in [3.05, 3.63) is 87.4 Å². The normalized spacial score (nSPS) is 13.7. The lowest BCUT2D eigenvalue weighted by atomic mass is 9.89. The van der Waals surface area contributed by atoms with Crippen LogP contribution in [0.2, 0.25) is 0 Å². The van der Waals surface area contributed by atoms with Gasteiger partial charge in [0.1, 0.15) is 10.8 Å². The number of furan rings is 1. The number of nitrogens with one attached hydrogen (secondary N) is 2. The van der Waals surface area contributed by atoms with E-state index in [1.54, 1.807) is 30.6 Å². The number of hydrogen-bond acceptors (Lipinski definition) is 7. The summed E-state index contributed by atoms with van der Waals surface area (Å²) in [4.78, 5) is 23.6. The van der Waals surface area contributed by atoms with E-state index in [0.29, 0.717) is 5.95 Å². The lowest BCUT2D eigenvalue weighted by molar-refractivity contribution is 0.0997. The van der Waals surface area contributed by atoms with Crippen molar-refractivity contribution in [3.63, 3.8) is 0 Å². The van der Waals surface area contributed by atoms with Crippen molar-refractivity contribution >= 4 is 28.2 Å². The Hall–Kier alpha value is -3.65. The molecule has 0 unspecified atom stereocenters. The van der Waals surface area contributed by atoms with Gasteiger partial charge in [0.2, 0.25) is 5.95 Å². The molecular weight excluding hydrogens is 460 g/mol. The van der Waals surface area contributed by atoms with Gasteiger partial charge in [-0.15, -0.1) is 11.3 Å². The Bertz CT molecular complexity index is 1310. The highest BCUT2D eigenvalue weighted by Gasteiger charge is 2.29. The van der Waals surface area contributed by atoms with Gasteiger partial charge in [0, 0.05) is 21.8 Å². The van der Waals surface area contributed by atoms with E-state index in [2.05, 4.69) is 20.6 Å². The Kier molecular flexibility index (Phi) is 6.55. The van der Waals surface area contributed by atoms with Gasteiger partial charge < -0.3 is 19.8 Å². The first-order valence-electron chi connectivity index (χ1n) is 11.7. The molecule has 5 rings (SSSR count).